The molecule has 7 heteroatoms. The minimum atomic E-state index is -0.344. The van der Waals surface area contributed by atoms with Crippen molar-refractivity contribution in [1.82, 2.24) is 15.2 Å². The van der Waals surface area contributed by atoms with Crippen molar-refractivity contribution in [2.24, 2.45) is 11.8 Å². The van der Waals surface area contributed by atoms with Crippen LogP contribution in [0.25, 0.3) is 10.9 Å². The summed E-state index contributed by atoms with van der Waals surface area (Å²) < 4.78 is 18.8. The summed E-state index contributed by atoms with van der Waals surface area (Å²) in [5, 5.41) is 7.04. The number of hydrogen-bond acceptors (Lipinski definition) is 4. The topological polar surface area (TPSA) is 66.5 Å². The number of methoxy groups -OCH3 is 1. The summed E-state index contributed by atoms with van der Waals surface area (Å²) in [5.41, 5.74) is 2.39. The number of piperidine rings is 3. The zero-order chi connectivity index (χ0) is 23.7. The largest absolute Gasteiger partial charge is 0.497 e. The zero-order valence-electron chi connectivity index (χ0n) is 19.2. The standard InChI is InChI=1S/C27H29FN4O2/c1-3-17-16-32-13-11-18(17)14-25(32)26(31-27(33)30-20-6-4-19(28)5-7-20)22-10-12-29-24-9-8-21(34-2)15-23(22)24/h3-10,12,15,17-18,25-26H,1,11,13-14,16H2,2H3,(H2,30,31,33)/t17?,18?,25?,26-/m0/s1. The number of urea groups is 1. The molecule has 4 unspecified atom stereocenters. The quantitative estimate of drug-likeness (QED) is 0.500. The molecule has 176 valence electrons. The van der Waals surface area contributed by atoms with Gasteiger partial charge in [0.2, 0.25) is 0 Å². The van der Waals surface area contributed by atoms with Crippen molar-refractivity contribution in [2.45, 2.75) is 24.9 Å². The highest BCUT2D eigenvalue weighted by atomic mass is 19.1. The van der Waals surface area contributed by atoms with E-state index >= 15 is 0 Å². The summed E-state index contributed by atoms with van der Waals surface area (Å²) in [5.74, 6) is 1.44. The lowest BCUT2D eigenvalue weighted by Gasteiger charge is -2.51. The van der Waals surface area contributed by atoms with E-state index in [1.807, 2.05) is 24.3 Å². The van der Waals surface area contributed by atoms with Gasteiger partial charge >= 0.3 is 6.03 Å². The molecule has 2 aromatic carbocycles. The normalized spacial score (nSPS) is 24.4. The predicted molar refractivity (Wildman–Crippen MR) is 131 cm³/mol. The third-order valence-electron chi connectivity index (χ3n) is 7.24. The van der Waals surface area contributed by atoms with Crippen molar-refractivity contribution in [3.63, 3.8) is 0 Å². The van der Waals surface area contributed by atoms with Gasteiger partial charge in [0, 0.05) is 29.9 Å². The smallest absolute Gasteiger partial charge is 0.319 e. The second kappa shape index (κ2) is 9.43. The number of hydrogen-bond donors (Lipinski definition) is 2. The molecule has 2 amide bonds. The summed E-state index contributed by atoms with van der Waals surface area (Å²) in [6.45, 7) is 5.99. The molecule has 3 saturated heterocycles. The number of nitrogens with one attached hydrogen (secondary N) is 2. The molecule has 3 aliphatic rings. The molecule has 4 heterocycles. The van der Waals surface area contributed by atoms with Crippen molar-refractivity contribution in [3.8, 4) is 5.75 Å². The van der Waals surface area contributed by atoms with Gasteiger partial charge < -0.3 is 15.4 Å². The number of nitrogens with zero attached hydrogens (tertiary/aromatic N) is 2. The first-order valence-corrected chi connectivity index (χ1v) is 11.7. The van der Waals surface area contributed by atoms with Crippen LogP contribution >= 0.6 is 0 Å². The van der Waals surface area contributed by atoms with Crippen molar-refractivity contribution in [2.75, 3.05) is 25.5 Å². The van der Waals surface area contributed by atoms with Gasteiger partial charge in [0.15, 0.2) is 0 Å². The molecule has 0 radical (unpaired) electrons. The van der Waals surface area contributed by atoms with Crippen molar-refractivity contribution >= 4 is 22.6 Å². The monoisotopic (exact) mass is 460 g/mol. The maximum Gasteiger partial charge on any atom is 0.319 e. The first-order chi connectivity index (χ1) is 16.6. The molecule has 6 nitrogen and oxygen atoms in total. The van der Waals surface area contributed by atoms with Gasteiger partial charge in [-0.15, -0.1) is 6.58 Å². The number of benzene rings is 2. The van der Waals surface area contributed by atoms with Gasteiger partial charge in [-0.25, -0.2) is 9.18 Å². The molecule has 34 heavy (non-hydrogen) atoms. The summed E-state index contributed by atoms with van der Waals surface area (Å²) in [6.07, 6.45) is 5.99. The second-order valence-corrected chi connectivity index (χ2v) is 9.11. The average Bonchev–Trinajstić information content (AvgIpc) is 2.88. The Kier molecular flexibility index (Phi) is 6.20. The minimum absolute atomic E-state index is 0.144. The van der Waals surface area contributed by atoms with E-state index in [-0.39, 0.29) is 23.9 Å². The SMILES string of the molecule is C=CC1CN2CCC1CC2[C@@H](NC(=O)Nc1ccc(F)cc1)c1ccnc2ccc(OC)cc12. The number of ether oxygens (including phenoxy) is 1. The molecule has 2 bridgehead atoms. The lowest BCUT2D eigenvalue weighted by atomic mass is 9.73. The number of pyridine rings is 1. The van der Waals surface area contributed by atoms with Gasteiger partial charge in [-0.2, -0.15) is 0 Å². The molecular weight excluding hydrogens is 431 g/mol. The van der Waals surface area contributed by atoms with E-state index in [1.165, 1.54) is 12.1 Å². The first-order valence-electron chi connectivity index (χ1n) is 11.7. The van der Waals surface area contributed by atoms with Crippen LogP contribution in [0.1, 0.15) is 24.4 Å². The third kappa shape index (κ3) is 4.35. The number of rotatable bonds is 6. The number of carbonyl (C=O) groups is 1. The van der Waals surface area contributed by atoms with Crippen LogP contribution in [0.15, 0.2) is 67.4 Å². The molecule has 0 aliphatic carbocycles. The number of aromatic nitrogens is 1. The summed E-state index contributed by atoms with van der Waals surface area (Å²) in [7, 11) is 1.64. The van der Waals surface area contributed by atoms with E-state index < -0.39 is 0 Å². The van der Waals surface area contributed by atoms with E-state index in [0.717, 1.165) is 48.1 Å². The first kappa shape index (κ1) is 22.3. The molecule has 3 aliphatic heterocycles. The Balaban J connectivity index is 1.50. The van der Waals surface area contributed by atoms with Crippen molar-refractivity contribution < 1.29 is 13.9 Å². The fourth-order valence-corrected chi connectivity index (χ4v) is 5.49. The van der Waals surface area contributed by atoms with Crippen LogP contribution in [0.3, 0.4) is 0 Å². The lowest BCUT2D eigenvalue weighted by Crippen LogP contribution is -2.57. The number of amides is 2. The van der Waals surface area contributed by atoms with Gasteiger partial charge in [0.05, 0.1) is 18.7 Å². The Hall–Kier alpha value is -3.45. The van der Waals surface area contributed by atoms with Gasteiger partial charge in [-0.05, 0) is 85.3 Å². The van der Waals surface area contributed by atoms with Gasteiger partial charge in [0.1, 0.15) is 11.6 Å². The Morgan fingerprint density at radius 3 is 2.79 bits per heavy atom. The molecule has 0 spiro atoms. The van der Waals surface area contributed by atoms with E-state index in [0.29, 0.717) is 17.5 Å². The molecule has 1 aromatic heterocycles. The van der Waals surface area contributed by atoms with Gasteiger partial charge in [0.25, 0.3) is 0 Å². The maximum absolute atomic E-state index is 13.3. The van der Waals surface area contributed by atoms with Crippen LogP contribution in [0, 0.1) is 17.7 Å². The fraction of sp³-hybridized carbons (Fsp3) is 0.333. The maximum atomic E-state index is 13.3. The van der Waals surface area contributed by atoms with Crippen LogP contribution in [0.2, 0.25) is 0 Å². The van der Waals surface area contributed by atoms with Crippen LogP contribution in [0.5, 0.6) is 5.75 Å². The van der Waals surface area contributed by atoms with E-state index in [1.54, 1.807) is 25.4 Å². The number of carbonyl (C=O) groups excluding carboxylic acids is 1. The van der Waals surface area contributed by atoms with E-state index in [9.17, 15) is 9.18 Å². The lowest BCUT2D eigenvalue weighted by molar-refractivity contribution is 0.00340. The molecule has 0 saturated carbocycles. The van der Waals surface area contributed by atoms with Crippen LogP contribution < -0.4 is 15.4 Å². The van der Waals surface area contributed by atoms with Crippen LogP contribution in [-0.2, 0) is 0 Å². The highest BCUT2D eigenvalue weighted by Crippen LogP contribution is 2.42. The fourth-order valence-electron chi connectivity index (χ4n) is 5.49. The third-order valence-corrected chi connectivity index (χ3v) is 7.24. The highest BCUT2D eigenvalue weighted by Gasteiger charge is 2.43. The van der Waals surface area contributed by atoms with Crippen molar-refractivity contribution in [1.29, 1.82) is 0 Å². The van der Waals surface area contributed by atoms with Gasteiger partial charge in [-0.3, -0.25) is 9.88 Å². The van der Waals surface area contributed by atoms with Crippen LogP contribution in [0.4, 0.5) is 14.9 Å². The molecule has 2 N–H and O–H groups in total. The Labute approximate surface area is 198 Å². The molecule has 6 rings (SSSR count). The molecule has 3 fully saturated rings. The summed E-state index contributed by atoms with van der Waals surface area (Å²) >= 11 is 0. The van der Waals surface area contributed by atoms with E-state index in [2.05, 4.69) is 33.2 Å². The Morgan fingerprint density at radius 2 is 2.09 bits per heavy atom. The average molecular weight is 461 g/mol. The Morgan fingerprint density at radius 1 is 1.26 bits per heavy atom. The molecule has 5 atom stereocenters. The number of fused-ring (bicyclic) bond motifs is 4. The zero-order valence-corrected chi connectivity index (χ0v) is 19.2. The number of anilines is 1. The number of halogens is 1. The Bertz CT molecular complexity index is 1200. The van der Waals surface area contributed by atoms with Crippen molar-refractivity contribution in [3.05, 3.63) is 78.8 Å². The van der Waals surface area contributed by atoms with E-state index in [4.69, 9.17) is 4.74 Å². The highest BCUT2D eigenvalue weighted by molar-refractivity contribution is 5.90. The predicted octanol–water partition coefficient (Wildman–Crippen LogP) is 5.14. The molecular formula is C27H29FN4O2. The van der Waals surface area contributed by atoms with Gasteiger partial charge in [-0.1, -0.05) is 6.08 Å². The molecule has 3 aromatic rings. The summed E-state index contributed by atoms with van der Waals surface area (Å²) in [6, 6.07) is 13.1. The second-order valence-electron chi connectivity index (χ2n) is 9.11. The minimum Gasteiger partial charge on any atom is -0.497 e. The van der Waals surface area contributed by atoms with Crippen LogP contribution in [-0.4, -0.2) is 42.2 Å². The summed E-state index contributed by atoms with van der Waals surface area (Å²) in [4.78, 5) is 20.1.